The number of hydrogen-bond acceptors (Lipinski definition) is 5. The van der Waals surface area contributed by atoms with Gasteiger partial charge in [0.15, 0.2) is 5.12 Å². The summed E-state index contributed by atoms with van der Waals surface area (Å²) in [5.74, 6) is 0.515. The van der Waals surface area contributed by atoms with Crippen LogP contribution in [-0.4, -0.2) is 34.2 Å². The van der Waals surface area contributed by atoms with Crippen molar-refractivity contribution in [2.75, 3.05) is 5.75 Å². The average Bonchev–Trinajstić information content (AvgIpc) is 2.79. The summed E-state index contributed by atoms with van der Waals surface area (Å²) in [5, 5.41) is 1.17. The molecule has 0 unspecified atom stereocenters. The highest BCUT2D eigenvalue weighted by atomic mass is 32.2. The third-order valence-electron chi connectivity index (χ3n) is 4.95. The van der Waals surface area contributed by atoms with Crippen molar-refractivity contribution in [3.05, 3.63) is 47.6 Å². The van der Waals surface area contributed by atoms with Gasteiger partial charge in [-0.1, -0.05) is 36.0 Å². The number of rotatable bonds is 4. The Kier molecular flexibility index (Phi) is 5.29. The third kappa shape index (κ3) is 4.03. The molecule has 0 spiro atoms. The first-order valence-electron chi connectivity index (χ1n) is 8.73. The van der Waals surface area contributed by atoms with E-state index in [4.69, 9.17) is 14.3 Å². The van der Waals surface area contributed by atoms with Crippen molar-refractivity contribution >= 4 is 41.0 Å². The first-order valence-corrected chi connectivity index (χ1v) is 9.72. The Hall–Kier alpha value is -1.63. The van der Waals surface area contributed by atoms with Crippen LogP contribution in [0.4, 0.5) is 0 Å². The van der Waals surface area contributed by atoms with E-state index in [0.29, 0.717) is 5.75 Å². The lowest BCUT2D eigenvalue weighted by Crippen LogP contribution is -2.41. The molecular formula is C20H24BNO3S. The number of para-hydroxylation sites is 1. The number of nitrogens with zero attached hydrogens (tertiary/aromatic N) is 1. The summed E-state index contributed by atoms with van der Waals surface area (Å²) in [6.07, 6.45) is 1.98. The summed E-state index contributed by atoms with van der Waals surface area (Å²) in [4.78, 5) is 16.2. The highest BCUT2D eigenvalue weighted by molar-refractivity contribution is 8.13. The van der Waals surface area contributed by atoms with Gasteiger partial charge < -0.3 is 9.31 Å². The summed E-state index contributed by atoms with van der Waals surface area (Å²) in [5.41, 5.74) is 1.83. The minimum atomic E-state index is -0.486. The number of fused-ring (bicyclic) bond motifs is 1. The van der Waals surface area contributed by atoms with Crippen molar-refractivity contribution in [2.45, 2.75) is 45.8 Å². The van der Waals surface area contributed by atoms with Crippen molar-refractivity contribution in [3.8, 4) is 0 Å². The smallest absolute Gasteiger partial charge is 0.400 e. The van der Waals surface area contributed by atoms with Gasteiger partial charge >= 0.3 is 7.12 Å². The summed E-state index contributed by atoms with van der Waals surface area (Å²) >= 11 is 1.25. The van der Waals surface area contributed by atoms with Crippen LogP contribution in [0.2, 0.25) is 0 Å². The molecule has 0 amide bonds. The van der Waals surface area contributed by atoms with Gasteiger partial charge in [0.2, 0.25) is 0 Å². The Morgan fingerprint density at radius 3 is 2.42 bits per heavy atom. The standard InChI is InChI=1S/C20H24BNO3S/c1-14(23)26-13-16(21-24-19(2,3)20(4,5)25-21)12-17-11-10-15-8-6-7-9-18(15)22-17/h6-12H,13H2,1-5H3. The molecule has 1 aromatic carbocycles. The molecule has 0 radical (unpaired) electrons. The fourth-order valence-electron chi connectivity index (χ4n) is 2.71. The van der Waals surface area contributed by atoms with Crippen molar-refractivity contribution in [2.24, 2.45) is 0 Å². The van der Waals surface area contributed by atoms with E-state index in [-0.39, 0.29) is 5.12 Å². The topological polar surface area (TPSA) is 48.4 Å². The van der Waals surface area contributed by atoms with Gasteiger partial charge in [-0.25, -0.2) is 4.98 Å². The fourth-order valence-corrected chi connectivity index (χ4v) is 3.30. The van der Waals surface area contributed by atoms with Crippen LogP contribution in [0.3, 0.4) is 0 Å². The Bertz CT molecular complexity index is 847. The normalized spacial score (nSPS) is 19.1. The predicted octanol–water partition coefficient (Wildman–Crippen LogP) is 4.53. The highest BCUT2D eigenvalue weighted by Crippen LogP contribution is 2.39. The summed E-state index contributed by atoms with van der Waals surface area (Å²) in [7, 11) is -0.486. The zero-order valence-electron chi connectivity index (χ0n) is 15.9. The molecule has 4 nitrogen and oxygen atoms in total. The van der Waals surface area contributed by atoms with Crippen LogP contribution in [-0.2, 0) is 14.1 Å². The van der Waals surface area contributed by atoms with E-state index in [2.05, 4.69) is 0 Å². The van der Waals surface area contributed by atoms with E-state index < -0.39 is 18.3 Å². The monoisotopic (exact) mass is 369 g/mol. The lowest BCUT2D eigenvalue weighted by atomic mass is 9.78. The van der Waals surface area contributed by atoms with Crippen LogP contribution < -0.4 is 0 Å². The molecule has 0 bridgehead atoms. The molecular weight excluding hydrogens is 345 g/mol. The van der Waals surface area contributed by atoms with E-state index in [1.807, 2.05) is 70.2 Å². The van der Waals surface area contributed by atoms with Crippen molar-refractivity contribution in [1.29, 1.82) is 0 Å². The molecule has 1 aromatic heterocycles. The van der Waals surface area contributed by atoms with Gasteiger partial charge in [-0.2, -0.15) is 0 Å². The second-order valence-electron chi connectivity index (χ2n) is 7.52. The van der Waals surface area contributed by atoms with E-state index in [9.17, 15) is 4.79 Å². The quantitative estimate of drug-likeness (QED) is 0.741. The number of benzene rings is 1. The van der Waals surface area contributed by atoms with Crippen molar-refractivity contribution in [1.82, 2.24) is 4.98 Å². The van der Waals surface area contributed by atoms with Gasteiger partial charge in [0.05, 0.1) is 22.4 Å². The molecule has 3 rings (SSSR count). The maximum absolute atomic E-state index is 11.5. The molecule has 0 N–H and O–H groups in total. The minimum Gasteiger partial charge on any atom is -0.400 e. The van der Waals surface area contributed by atoms with Crippen molar-refractivity contribution < 1.29 is 14.1 Å². The molecule has 26 heavy (non-hydrogen) atoms. The third-order valence-corrected chi connectivity index (χ3v) is 5.84. The van der Waals surface area contributed by atoms with Crippen LogP contribution in [0.1, 0.15) is 40.3 Å². The van der Waals surface area contributed by atoms with Gasteiger partial charge in [0.25, 0.3) is 0 Å². The molecule has 1 saturated heterocycles. The van der Waals surface area contributed by atoms with E-state index in [1.54, 1.807) is 6.92 Å². The predicted molar refractivity (Wildman–Crippen MR) is 109 cm³/mol. The number of carbonyl (C=O) groups is 1. The first-order chi connectivity index (χ1) is 12.2. The Morgan fingerprint density at radius 1 is 1.12 bits per heavy atom. The Morgan fingerprint density at radius 2 is 1.77 bits per heavy atom. The number of aromatic nitrogens is 1. The second kappa shape index (κ2) is 7.18. The first kappa shape index (κ1) is 19.1. The molecule has 1 aliphatic heterocycles. The molecule has 2 heterocycles. The van der Waals surface area contributed by atoms with Gasteiger partial charge in [-0.05, 0) is 51.4 Å². The lowest BCUT2D eigenvalue weighted by molar-refractivity contribution is -0.109. The van der Waals surface area contributed by atoms with Crippen molar-refractivity contribution in [3.63, 3.8) is 0 Å². The number of pyridine rings is 1. The summed E-state index contributed by atoms with van der Waals surface area (Å²) < 4.78 is 12.4. The van der Waals surface area contributed by atoms with Crippen LogP contribution in [0.5, 0.6) is 0 Å². The van der Waals surface area contributed by atoms with E-state index in [1.165, 1.54) is 11.8 Å². The second-order valence-corrected chi connectivity index (χ2v) is 8.67. The SMILES string of the molecule is CC(=O)SCC(=Cc1ccc2ccccc2n1)B1OC(C)(C)C(C)(C)O1. The summed E-state index contributed by atoms with van der Waals surface area (Å²) in [6.45, 7) is 9.67. The van der Waals surface area contributed by atoms with Crippen LogP contribution in [0.25, 0.3) is 17.0 Å². The number of hydrogen-bond donors (Lipinski definition) is 0. The molecule has 0 atom stereocenters. The molecule has 136 valence electrons. The number of carbonyl (C=O) groups excluding carboxylic acids is 1. The summed E-state index contributed by atoms with van der Waals surface area (Å²) in [6, 6.07) is 12.0. The van der Waals surface area contributed by atoms with Gasteiger partial charge in [0, 0.05) is 18.1 Å². The minimum absolute atomic E-state index is 0.0684. The zero-order chi connectivity index (χ0) is 18.9. The average molecular weight is 369 g/mol. The Labute approximate surface area is 159 Å². The van der Waals surface area contributed by atoms with Crippen LogP contribution >= 0.6 is 11.8 Å². The number of thioether (sulfide) groups is 1. The molecule has 0 aliphatic carbocycles. The molecule has 0 saturated carbocycles. The molecule has 6 heteroatoms. The van der Waals surface area contributed by atoms with Gasteiger partial charge in [-0.3, -0.25) is 4.79 Å². The maximum atomic E-state index is 11.5. The van der Waals surface area contributed by atoms with E-state index >= 15 is 0 Å². The lowest BCUT2D eigenvalue weighted by Gasteiger charge is -2.32. The fraction of sp³-hybridized carbons (Fsp3) is 0.400. The van der Waals surface area contributed by atoms with E-state index in [0.717, 1.165) is 22.1 Å². The van der Waals surface area contributed by atoms with Gasteiger partial charge in [-0.15, -0.1) is 0 Å². The van der Waals surface area contributed by atoms with Crippen LogP contribution in [0, 0.1) is 0 Å². The largest absolute Gasteiger partial charge is 0.491 e. The molecule has 2 aromatic rings. The molecule has 1 aliphatic rings. The maximum Gasteiger partial charge on any atom is 0.491 e. The highest BCUT2D eigenvalue weighted by Gasteiger charge is 2.52. The molecule has 1 fully saturated rings. The van der Waals surface area contributed by atoms with Gasteiger partial charge in [0.1, 0.15) is 0 Å². The zero-order valence-corrected chi connectivity index (χ0v) is 16.7. The Balaban J connectivity index is 1.94. The van der Waals surface area contributed by atoms with Crippen LogP contribution in [0.15, 0.2) is 41.9 Å².